The molecule has 0 bridgehead atoms. The van der Waals surface area contributed by atoms with Crippen LogP contribution in [-0.4, -0.2) is 39.4 Å². The molecule has 0 radical (unpaired) electrons. The van der Waals surface area contributed by atoms with E-state index in [1.807, 2.05) is 0 Å². The minimum absolute atomic E-state index is 0. The van der Waals surface area contributed by atoms with Gasteiger partial charge in [-0.25, -0.2) is 13.6 Å². The molecule has 0 saturated carbocycles. The van der Waals surface area contributed by atoms with Crippen LogP contribution in [0.15, 0.2) is 21.3 Å². The summed E-state index contributed by atoms with van der Waals surface area (Å²) in [6.45, 7) is 7.00. The molecule has 6 nitrogen and oxygen atoms in total. The third-order valence-electron chi connectivity index (χ3n) is 3.53. The maximum absolute atomic E-state index is 11.3. The maximum Gasteiger partial charge on any atom is 0.247 e. The molecular formula is C13H23IN4O2S2. The van der Waals surface area contributed by atoms with Crippen molar-refractivity contribution < 1.29 is 8.42 Å². The van der Waals surface area contributed by atoms with Crippen molar-refractivity contribution in [2.45, 2.75) is 31.0 Å². The van der Waals surface area contributed by atoms with Gasteiger partial charge in [0.1, 0.15) is 4.21 Å². The summed E-state index contributed by atoms with van der Waals surface area (Å²) < 4.78 is 22.7. The van der Waals surface area contributed by atoms with Gasteiger partial charge in [0.15, 0.2) is 5.96 Å². The summed E-state index contributed by atoms with van der Waals surface area (Å²) in [7, 11) is -1.85. The summed E-state index contributed by atoms with van der Waals surface area (Å²) in [5.74, 6) is 0.853. The first-order valence-corrected chi connectivity index (χ1v) is 9.15. The number of hydrogen-bond donors (Lipinski definition) is 2. The van der Waals surface area contributed by atoms with E-state index >= 15 is 0 Å². The molecule has 2 heterocycles. The lowest BCUT2D eigenvalue weighted by atomic mass is 9.93. The Hall–Kier alpha value is -0.390. The Bertz CT molecular complexity index is 640. The minimum Gasteiger partial charge on any atom is -0.351 e. The summed E-state index contributed by atoms with van der Waals surface area (Å²) in [4.78, 5) is 7.45. The number of sulfonamides is 1. The monoisotopic (exact) mass is 458 g/mol. The number of primary sulfonamides is 1. The Labute approximate surface area is 153 Å². The molecule has 1 aromatic rings. The number of nitrogens with zero attached hydrogens (tertiary/aromatic N) is 2. The quantitative estimate of drug-likeness (QED) is 0.411. The van der Waals surface area contributed by atoms with E-state index in [1.54, 1.807) is 19.2 Å². The Morgan fingerprint density at radius 1 is 1.50 bits per heavy atom. The molecule has 0 amide bonds. The average molecular weight is 458 g/mol. The Morgan fingerprint density at radius 3 is 2.64 bits per heavy atom. The van der Waals surface area contributed by atoms with Crippen molar-refractivity contribution in [3.63, 3.8) is 0 Å². The molecule has 0 aromatic carbocycles. The van der Waals surface area contributed by atoms with Gasteiger partial charge in [0.2, 0.25) is 10.0 Å². The summed E-state index contributed by atoms with van der Waals surface area (Å²) in [6, 6.07) is 3.32. The fourth-order valence-corrected chi connectivity index (χ4v) is 4.12. The van der Waals surface area contributed by atoms with E-state index in [-0.39, 0.29) is 28.2 Å². The van der Waals surface area contributed by atoms with Gasteiger partial charge in [0.05, 0.1) is 6.54 Å². The number of hydrogen-bond acceptors (Lipinski definition) is 4. The van der Waals surface area contributed by atoms with E-state index in [9.17, 15) is 8.42 Å². The van der Waals surface area contributed by atoms with Crippen LogP contribution in [0.4, 0.5) is 0 Å². The number of nitrogens with two attached hydrogens (primary N) is 1. The van der Waals surface area contributed by atoms with E-state index in [4.69, 9.17) is 5.14 Å². The van der Waals surface area contributed by atoms with Crippen molar-refractivity contribution in [3.8, 4) is 0 Å². The lowest BCUT2D eigenvalue weighted by Gasteiger charge is -2.23. The van der Waals surface area contributed by atoms with E-state index in [2.05, 4.69) is 29.1 Å². The third-order valence-corrected chi connectivity index (χ3v) is 6.05. The zero-order chi connectivity index (χ0) is 15.7. The summed E-state index contributed by atoms with van der Waals surface area (Å²) >= 11 is 1.19. The van der Waals surface area contributed by atoms with Gasteiger partial charge in [-0.2, -0.15) is 0 Å². The zero-order valence-electron chi connectivity index (χ0n) is 13.0. The van der Waals surface area contributed by atoms with Crippen LogP contribution in [0, 0.1) is 5.41 Å². The molecule has 1 saturated heterocycles. The fraction of sp³-hybridized carbons (Fsp3) is 0.615. The zero-order valence-corrected chi connectivity index (χ0v) is 17.0. The van der Waals surface area contributed by atoms with Gasteiger partial charge in [-0.3, -0.25) is 4.99 Å². The smallest absolute Gasteiger partial charge is 0.247 e. The van der Waals surface area contributed by atoms with E-state index in [0.29, 0.717) is 12.0 Å². The Kier molecular flexibility index (Phi) is 6.66. The van der Waals surface area contributed by atoms with Crippen molar-refractivity contribution in [1.82, 2.24) is 10.2 Å². The highest BCUT2D eigenvalue weighted by Crippen LogP contribution is 2.28. The summed E-state index contributed by atoms with van der Waals surface area (Å²) in [6.07, 6.45) is 1.14. The molecule has 0 aliphatic carbocycles. The highest BCUT2D eigenvalue weighted by molar-refractivity contribution is 14.0. The molecule has 0 atom stereocenters. The van der Waals surface area contributed by atoms with Gasteiger partial charge >= 0.3 is 0 Å². The second kappa shape index (κ2) is 7.45. The minimum atomic E-state index is -3.61. The van der Waals surface area contributed by atoms with E-state index in [1.165, 1.54) is 11.3 Å². The molecule has 3 N–H and O–H groups in total. The predicted octanol–water partition coefficient (Wildman–Crippen LogP) is 1.82. The van der Waals surface area contributed by atoms with Crippen molar-refractivity contribution in [2.24, 2.45) is 15.5 Å². The maximum atomic E-state index is 11.3. The van der Waals surface area contributed by atoms with Crippen LogP contribution < -0.4 is 10.5 Å². The summed E-state index contributed by atoms with van der Waals surface area (Å²) in [5.41, 5.74) is 0.307. The normalized spacial score (nSPS) is 18.2. The molecule has 22 heavy (non-hydrogen) atoms. The number of likely N-dealkylation sites (tertiary alicyclic amines) is 1. The van der Waals surface area contributed by atoms with Gasteiger partial charge < -0.3 is 10.2 Å². The molecule has 1 aromatic heterocycles. The van der Waals surface area contributed by atoms with Crippen LogP contribution in [-0.2, 0) is 16.6 Å². The highest BCUT2D eigenvalue weighted by atomic mass is 127. The molecular weight excluding hydrogens is 435 g/mol. The molecule has 1 fully saturated rings. The molecule has 0 spiro atoms. The van der Waals surface area contributed by atoms with Crippen molar-refractivity contribution in [3.05, 3.63) is 17.0 Å². The van der Waals surface area contributed by atoms with E-state index < -0.39 is 10.0 Å². The van der Waals surface area contributed by atoms with Gasteiger partial charge in [-0.1, -0.05) is 13.8 Å². The number of thiophene rings is 1. The topological polar surface area (TPSA) is 87.8 Å². The van der Waals surface area contributed by atoms with Crippen LogP contribution >= 0.6 is 35.3 Å². The van der Waals surface area contributed by atoms with Gasteiger partial charge in [-0.05, 0) is 24.0 Å². The lowest BCUT2D eigenvalue weighted by molar-refractivity contribution is 0.370. The predicted molar refractivity (Wildman–Crippen MR) is 101 cm³/mol. The highest BCUT2D eigenvalue weighted by Gasteiger charge is 2.30. The van der Waals surface area contributed by atoms with Crippen LogP contribution in [0.1, 0.15) is 25.1 Å². The van der Waals surface area contributed by atoms with Crippen molar-refractivity contribution in [1.29, 1.82) is 0 Å². The fourth-order valence-electron chi connectivity index (χ4n) is 2.40. The van der Waals surface area contributed by atoms with Crippen LogP contribution in [0.25, 0.3) is 0 Å². The number of guanidine groups is 1. The first kappa shape index (κ1) is 19.7. The molecule has 1 aliphatic heterocycles. The second-order valence-corrected chi connectivity index (χ2v) is 8.96. The lowest BCUT2D eigenvalue weighted by Crippen LogP contribution is -2.40. The summed E-state index contributed by atoms with van der Waals surface area (Å²) in [5, 5.41) is 8.39. The third kappa shape index (κ3) is 5.07. The molecule has 2 rings (SSSR count). The van der Waals surface area contributed by atoms with Gasteiger partial charge in [-0.15, -0.1) is 35.3 Å². The number of rotatable bonds is 3. The van der Waals surface area contributed by atoms with Crippen LogP contribution in [0.5, 0.6) is 0 Å². The average Bonchev–Trinajstić information content (AvgIpc) is 2.96. The standard InChI is InChI=1S/C13H22N4O2S2.HI/c1-13(2)6-7-17(9-13)12(15-3)16-8-10-4-5-11(20-10)21(14,18)19;/h4-5H,6-9H2,1-3H3,(H,15,16)(H2,14,18,19);1H. The molecule has 126 valence electrons. The largest absolute Gasteiger partial charge is 0.351 e. The number of aliphatic imine (C=N–C) groups is 1. The SMILES string of the molecule is CN=C(NCc1ccc(S(N)(=O)=O)s1)N1CCC(C)(C)C1.I. The number of nitrogens with one attached hydrogen (secondary N) is 1. The van der Waals surface area contributed by atoms with Crippen LogP contribution in [0.3, 0.4) is 0 Å². The first-order chi connectivity index (χ1) is 9.71. The Morgan fingerprint density at radius 2 is 2.18 bits per heavy atom. The molecule has 9 heteroatoms. The first-order valence-electron chi connectivity index (χ1n) is 6.78. The second-order valence-electron chi connectivity index (χ2n) is 6.00. The Balaban J connectivity index is 0.00000242. The van der Waals surface area contributed by atoms with Crippen LogP contribution in [0.2, 0.25) is 0 Å². The van der Waals surface area contributed by atoms with Gasteiger partial charge in [0.25, 0.3) is 0 Å². The molecule has 1 aliphatic rings. The van der Waals surface area contributed by atoms with Gasteiger partial charge in [0, 0.05) is 25.0 Å². The number of halogens is 1. The molecule has 0 unspecified atom stereocenters. The van der Waals surface area contributed by atoms with Crippen molar-refractivity contribution >= 4 is 51.3 Å². The van der Waals surface area contributed by atoms with E-state index in [0.717, 1.165) is 30.3 Å². The van der Waals surface area contributed by atoms with Crippen molar-refractivity contribution in [2.75, 3.05) is 20.1 Å².